The Balaban J connectivity index is 0.000000165. The van der Waals surface area contributed by atoms with E-state index in [0.29, 0.717) is 11.8 Å². The standard InChI is InChI=1S/C6H6O3.C4H4O/c7-3-5-1-2-9-6(5)4-8;1-2-4-5-3-1/h1-2,4,7H,3H2;1-4H. The third kappa shape index (κ3) is 2.91. The maximum absolute atomic E-state index is 10.0. The van der Waals surface area contributed by atoms with Crippen LogP contribution in [0.1, 0.15) is 16.1 Å². The Morgan fingerprint density at radius 2 is 2.00 bits per heavy atom. The van der Waals surface area contributed by atoms with E-state index >= 15 is 0 Å². The fraction of sp³-hybridized carbons (Fsp3) is 0.100. The number of rotatable bonds is 2. The molecular weight excluding hydrogens is 184 g/mol. The third-order valence-corrected chi connectivity index (χ3v) is 1.48. The first-order chi connectivity index (χ1) is 6.88. The Morgan fingerprint density at radius 3 is 2.36 bits per heavy atom. The fourth-order valence-corrected chi connectivity index (χ4v) is 0.808. The van der Waals surface area contributed by atoms with Gasteiger partial charge in [-0.2, -0.15) is 0 Å². The first-order valence-corrected chi connectivity index (χ1v) is 3.98. The zero-order valence-corrected chi connectivity index (χ0v) is 7.42. The first kappa shape index (κ1) is 10.3. The van der Waals surface area contributed by atoms with Crippen LogP contribution in [0.5, 0.6) is 0 Å². The molecule has 2 rings (SSSR count). The van der Waals surface area contributed by atoms with Gasteiger partial charge in [-0.3, -0.25) is 4.79 Å². The predicted molar refractivity (Wildman–Crippen MR) is 48.7 cm³/mol. The van der Waals surface area contributed by atoms with Crippen molar-refractivity contribution >= 4 is 6.29 Å². The highest BCUT2D eigenvalue weighted by Crippen LogP contribution is 2.06. The number of aliphatic hydroxyl groups excluding tert-OH is 1. The van der Waals surface area contributed by atoms with E-state index < -0.39 is 0 Å². The maximum Gasteiger partial charge on any atom is 0.185 e. The van der Waals surface area contributed by atoms with Gasteiger partial charge < -0.3 is 13.9 Å². The summed E-state index contributed by atoms with van der Waals surface area (Å²) >= 11 is 0. The molecule has 2 aromatic heterocycles. The van der Waals surface area contributed by atoms with E-state index in [9.17, 15) is 4.79 Å². The number of hydrogen-bond acceptors (Lipinski definition) is 4. The lowest BCUT2D eigenvalue weighted by molar-refractivity contribution is 0.109. The van der Waals surface area contributed by atoms with Gasteiger partial charge in [-0.1, -0.05) is 0 Å². The first-order valence-electron chi connectivity index (χ1n) is 3.98. The Kier molecular flexibility index (Phi) is 4.23. The lowest BCUT2D eigenvalue weighted by Gasteiger charge is -1.85. The van der Waals surface area contributed by atoms with Gasteiger partial charge in [0, 0.05) is 5.56 Å². The van der Waals surface area contributed by atoms with Crippen molar-refractivity contribution in [3.05, 3.63) is 48.3 Å². The number of aldehydes is 1. The zero-order chi connectivity index (χ0) is 10.2. The van der Waals surface area contributed by atoms with Crippen LogP contribution in [0.3, 0.4) is 0 Å². The summed E-state index contributed by atoms with van der Waals surface area (Å²) in [6.07, 6.45) is 5.20. The summed E-state index contributed by atoms with van der Waals surface area (Å²) in [5.41, 5.74) is 0.532. The van der Waals surface area contributed by atoms with Crippen molar-refractivity contribution in [3.63, 3.8) is 0 Å². The van der Waals surface area contributed by atoms with Crippen molar-refractivity contribution < 1.29 is 18.7 Å². The number of hydrogen-bond donors (Lipinski definition) is 1. The summed E-state index contributed by atoms with van der Waals surface area (Å²) in [4.78, 5) is 10.0. The van der Waals surface area contributed by atoms with Gasteiger partial charge in [0.1, 0.15) is 0 Å². The summed E-state index contributed by atoms with van der Waals surface area (Å²) in [6.45, 7) is -0.148. The Hall–Kier alpha value is -1.81. The average Bonchev–Trinajstić information content (AvgIpc) is 2.91. The summed E-state index contributed by atoms with van der Waals surface area (Å²) in [5.74, 6) is 0.206. The molecule has 0 radical (unpaired) electrons. The van der Waals surface area contributed by atoms with Crippen LogP contribution in [0.25, 0.3) is 0 Å². The normalized spacial score (nSPS) is 8.93. The minimum absolute atomic E-state index is 0.148. The van der Waals surface area contributed by atoms with E-state index in [1.807, 2.05) is 12.1 Å². The molecule has 0 aliphatic heterocycles. The van der Waals surface area contributed by atoms with Gasteiger partial charge in [0.25, 0.3) is 0 Å². The van der Waals surface area contributed by atoms with Crippen LogP contribution in [0.15, 0.2) is 45.8 Å². The summed E-state index contributed by atoms with van der Waals surface area (Å²) in [6, 6.07) is 5.23. The monoisotopic (exact) mass is 194 g/mol. The number of carbonyl (C=O) groups excluding carboxylic acids is 1. The molecule has 0 aliphatic carbocycles. The molecule has 0 aromatic carbocycles. The van der Waals surface area contributed by atoms with Crippen LogP contribution >= 0.6 is 0 Å². The molecule has 0 saturated carbocycles. The minimum atomic E-state index is -0.148. The highest BCUT2D eigenvalue weighted by molar-refractivity contribution is 5.72. The van der Waals surface area contributed by atoms with Crippen LogP contribution in [0.4, 0.5) is 0 Å². The molecule has 4 nitrogen and oxygen atoms in total. The number of aliphatic hydroxyl groups is 1. The van der Waals surface area contributed by atoms with E-state index in [0.717, 1.165) is 0 Å². The van der Waals surface area contributed by atoms with Crippen molar-refractivity contribution in [3.8, 4) is 0 Å². The molecule has 2 aromatic rings. The van der Waals surface area contributed by atoms with Gasteiger partial charge >= 0.3 is 0 Å². The molecule has 2 heterocycles. The van der Waals surface area contributed by atoms with E-state index in [4.69, 9.17) is 5.11 Å². The van der Waals surface area contributed by atoms with Crippen LogP contribution in [-0.2, 0) is 6.61 Å². The molecule has 1 N–H and O–H groups in total. The second kappa shape index (κ2) is 5.77. The van der Waals surface area contributed by atoms with Crippen molar-refractivity contribution in [2.75, 3.05) is 0 Å². The minimum Gasteiger partial charge on any atom is -0.473 e. The van der Waals surface area contributed by atoms with Gasteiger partial charge in [-0.25, -0.2) is 0 Å². The molecule has 74 valence electrons. The summed E-state index contributed by atoms with van der Waals surface area (Å²) in [7, 11) is 0. The van der Waals surface area contributed by atoms with E-state index in [2.05, 4.69) is 8.83 Å². The van der Waals surface area contributed by atoms with Gasteiger partial charge in [0.15, 0.2) is 12.0 Å². The highest BCUT2D eigenvalue weighted by Gasteiger charge is 2.00. The smallest absolute Gasteiger partial charge is 0.185 e. The Labute approximate surface area is 80.8 Å². The van der Waals surface area contributed by atoms with E-state index in [1.165, 1.54) is 6.26 Å². The van der Waals surface area contributed by atoms with Crippen LogP contribution < -0.4 is 0 Å². The third-order valence-electron chi connectivity index (χ3n) is 1.48. The Bertz CT molecular complexity index is 331. The second-order valence-corrected chi connectivity index (χ2v) is 2.38. The molecule has 0 atom stereocenters. The molecule has 0 amide bonds. The van der Waals surface area contributed by atoms with Crippen LogP contribution in [0, 0.1) is 0 Å². The Morgan fingerprint density at radius 1 is 1.29 bits per heavy atom. The van der Waals surface area contributed by atoms with Crippen molar-refractivity contribution in [2.24, 2.45) is 0 Å². The van der Waals surface area contributed by atoms with Crippen molar-refractivity contribution in [1.29, 1.82) is 0 Å². The lowest BCUT2D eigenvalue weighted by Crippen LogP contribution is -1.84. The molecule has 0 fully saturated rings. The molecule has 0 unspecified atom stereocenters. The quantitative estimate of drug-likeness (QED) is 0.741. The molecule has 0 spiro atoms. The second-order valence-electron chi connectivity index (χ2n) is 2.38. The van der Waals surface area contributed by atoms with E-state index in [1.54, 1.807) is 18.6 Å². The average molecular weight is 194 g/mol. The zero-order valence-electron chi connectivity index (χ0n) is 7.42. The number of carbonyl (C=O) groups is 1. The fourth-order valence-electron chi connectivity index (χ4n) is 0.808. The SMILES string of the molecule is O=Cc1occc1CO.c1ccoc1. The molecule has 4 heteroatoms. The summed E-state index contributed by atoms with van der Waals surface area (Å²) in [5, 5.41) is 8.52. The maximum atomic E-state index is 10.0. The van der Waals surface area contributed by atoms with Gasteiger partial charge in [-0.15, -0.1) is 0 Å². The number of furan rings is 2. The van der Waals surface area contributed by atoms with Gasteiger partial charge in [0.2, 0.25) is 0 Å². The van der Waals surface area contributed by atoms with Crippen molar-refractivity contribution in [2.45, 2.75) is 6.61 Å². The summed E-state index contributed by atoms with van der Waals surface area (Å²) < 4.78 is 9.26. The van der Waals surface area contributed by atoms with Crippen LogP contribution in [0.2, 0.25) is 0 Å². The topological polar surface area (TPSA) is 63.6 Å². The van der Waals surface area contributed by atoms with Gasteiger partial charge in [0.05, 0.1) is 25.4 Å². The molecule has 0 bridgehead atoms. The molecule has 0 aliphatic rings. The largest absolute Gasteiger partial charge is 0.473 e. The lowest BCUT2D eigenvalue weighted by atomic mass is 10.3. The highest BCUT2D eigenvalue weighted by atomic mass is 16.3. The molecule has 0 saturated heterocycles. The van der Waals surface area contributed by atoms with Crippen molar-refractivity contribution in [1.82, 2.24) is 0 Å². The van der Waals surface area contributed by atoms with Crippen LogP contribution in [-0.4, -0.2) is 11.4 Å². The van der Waals surface area contributed by atoms with E-state index in [-0.39, 0.29) is 12.4 Å². The molecular formula is C10H10O4. The predicted octanol–water partition coefficient (Wildman–Crippen LogP) is 1.86. The van der Waals surface area contributed by atoms with Gasteiger partial charge in [-0.05, 0) is 18.2 Å². The molecule has 14 heavy (non-hydrogen) atoms.